The summed E-state index contributed by atoms with van der Waals surface area (Å²) in [6.45, 7) is 4.60. The highest BCUT2D eigenvalue weighted by Crippen LogP contribution is 2.43. The molecule has 0 spiro atoms. The van der Waals surface area contributed by atoms with Gasteiger partial charge in [0.1, 0.15) is 23.2 Å². The van der Waals surface area contributed by atoms with E-state index in [4.69, 9.17) is 27.9 Å². The number of allylic oxidation sites excluding steroid dienone is 2. The Morgan fingerprint density at radius 3 is 2.81 bits per heavy atom. The number of hydrogen-bond donors (Lipinski definition) is 2. The van der Waals surface area contributed by atoms with Crippen LogP contribution in [0.25, 0.3) is 22.2 Å². The highest BCUT2D eigenvalue weighted by molar-refractivity contribution is 8.03. The first-order valence-corrected chi connectivity index (χ1v) is 12.1. The van der Waals surface area contributed by atoms with E-state index >= 15 is 0 Å². The predicted octanol–water partition coefficient (Wildman–Crippen LogP) is 7.18. The minimum Gasteiger partial charge on any atom is -0.493 e. The summed E-state index contributed by atoms with van der Waals surface area (Å²) in [4.78, 5) is 9.10. The van der Waals surface area contributed by atoms with Gasteiger partial charge in [-0.3, -0.25) is 0 Å². The van der Waals surface area contributed by atoms with Crippen LogP contribution in [0.2, 0.25) is 10.0 Å². The number of halogens is 2. The van der Waals surface area contributed by atoms with Crippen LogP contribution in [-0.4, -0.2) is 27.4 Å². The van der Waals surface area contributed by atoms with E-state index in [-0.39, 0.29) is 5.92 Å². The zero-order valence-electron chi connectivity index (χ0n) is 17.4. The number of thioether (sulfide) groups is 1. The lowest BCUT2D eigenvalue weighted by atomic mass is 9.94. The second kappa shape index (κ2) is 9.70. The fourth-order valence-corrected chi connectivity index (χ4v) is 5.19. The molecule has 3 aromatic rings. The van der Waals surface area contributed by atoms with Crippen molar-refractivity contribution < 1.29 is 9.84 Å². The van der Waals surface area contributed by atoms with Crippen molar-refractivity contribution in [3.8, 4) is 16.9 Å². The van der Waals surface area contributed by atoms with Gasteiger partial charge in [-0.05, 0) is 31.2 Å². The van der Waals surface area contributed by atoms with Crippen molar-refractivity contribution in [2.24, 2.45) is 5.92 Å². The quantitative estimate of drug-likeness (QED) is 0.380. The van der Waals surface area contributed by atoms with Crippen molar-refractivity contribution in [2.45, 2.75) is 26.4 Å². The molecule has 4 nitrogen and oxygen atoms in total. The second-order valence-corrected chi connectivity index (χ2v) is 9.36. The number of hydrogen-bond acceptors (Lipinski definition) is 4. The minimum absolute atomic E-state index is 0.0471. The molecule has 2 N–H and O–H groups in total. The first-order chi connectivity index (χ1) is 15.0. The summed E-state index contributed by atoms with van der Waals surface area (Å²) >= 11 is 15.2. The lowest BCUT2D eigenvalue weighted by Crippen LogP contribution is -2.13. The van der Waals surface area contributed by atoms with Crippen molar-refractivity contribution in [2.75, 3.05) is 12.4 Å². The normalized spacial score (nSPS) is 17.1. The molecule has 1 aliphatic carbocycles. The highest BCUT2D eigenvalue weighted by Gasteiger charge is 2.25. The van der Waals surface area contributed by atoms with Gasteiger partial charge in [0.05, 0.1) is 22.2 Å². The average Bonchev–Trinajstić information content (AvgIpc) is 3.20. The van der Waals surface area contributed by atoms with E-state index in [0.717, 1.165) is 17.7 Å². The summed E-state index contributed by atoms with van der Waals surface area (Å²) < 4.78 is 5.76. The number of rotatable bonds is 7. The molecule has 1 heterocycles. The Bertz CT molecular complexity index is 1160. The molecule has 2 unspecified atom stereocenters. The van der Waals surface area contributed by atoms with Gasteiger partial charge in [-0.15, -0.1) is 11.8 Å². The SMILES string of the molecule is CCOc1ccccc1-c1c(Cl)cc2[nH]c(C(O)C3C=CC(SCC)=CC3)nc2c1Cl. The predicted molar refractivity (Wildman–Crippen MR) is 131 cm³/mol. The third kappa shape index (κ3) is 4.51. The van der Waals surface area contributed by atoms with Crippen molar-refractivity contribution in [1.82, 2.24) is 9.97 Å². The Hall–Kier alpha value is -1.92. The number of benzene rings is 2. The Labute approximate surface area is 196 Å². The molecule has 2 aromatic carbocycles. The van der Waals surface area contributed by atoms with Crippen LogP contribution >= 0.6 is 35.0 Å². The summed E-state index contributed by atoms with van der Waals surface area (Å²) in [7, 11) is 0. The molecule has 1 aliphatic rings. The summed E-state index contributed by atoms with van der Waals surface area (Å²) in [5.74, 6) is 2.18. The summed E-state index contributed by atoms with van der Waals surface area (Å²) in [6, 6.07) is 9.45. The van der Waals surface area contributed by atoms with Gasteiger partial charge in [-0.1, -0.05) is 66.6 Å². The first kappa shape index (κ1) is 22.3. The van der Waals surface area contributed by atoms with Crippen LogP contribution < -0.4 is 4.74 Å². The molecule has 0 radical (unpaired) electrons. The molecular weight excluding hydrogens is 451 g/mol. The van der Waals surface area contributed by atoms with E-state index < -0.39 is 6.10 Å². The number of aromatic amines is 1. The standard InChI is InChI=1S/C24H24Cl2N2O2S/c1-3-30-19-8-6-5-7-16(19)20-17(25)13-18-22(21(20)26)28-24(27-18)23(29)14-9-11-15(12-10-14)31-4-2/h5-9,11-14,23,29H,3-4,10H2,1-2H3,(H,27,28). The van der Waals surface area contributed by atoms with E-state index in [1.807, 2.05) is 37.3 Å². The molecule has 7 heteroatoms. The van der Waals surface area contributed by atoms with Crippen LogP contribution in [-0.2, 0) is 0 Å². The molecule has 0 fully saturated rings. The van der Waals surface area contributed by atoms with Gasteiger partial charge >= 0.3 is 0 Å². The van der Waals surface area contributed by atoms with Gasteiger partial charge in [0.25, 0.3) is 0 Å². The van der Waals surface area contributed by atoms with Gasteiger partial charge < -0.3 is 14.8 Å². The van der Waals surface area contributed by atoms with Crippen molar-refractivity contribution in [3.63, 3.8) is 0 Å². The van der Waals surface area contributed by atoms with Crippen LogP contribution in [0, 0.1) is 5.92 Å². The molecule has 162 valence electrons. The van der Waals surface area contributed by atoms with E-state index in [1.54, 1.807) is 17.8 Å². The van der Waals surface area contributed by atoms with E-state index in [1.165, 1.54) is 4.91 Å². The fourth-order valence-electron chi connectivity index (χ4n) is 3.77. The van der Waals surface area contributed by atoms with Crippen molar-refractivity contribution in [1.29, 1.82) is 0 Å². The molecule has 1 aromatic heterocycles. The zero-order valence-corrected chi connectivity index (χ0v) is 19.7. The number of imidazole rings is 1. The smallest absolute Gasteiger partial charge is 0.136 e. The summed E-state index contributed by atoms with van der Waals surface area (Å²) in [6.07, 6.45) is 6.28. The van der Waals surface area contributed by atoms with E-state index in [2.05, 4.69) is 29.0 Å². The number of aromatic nitrogens is 2. The summed E-state index contributed by atoms with van der Waals surface area (Å²) in [5.41, 5.74) is 2.76. The molecule has 4 rings (SSSR count). The fraction of sp³-hybridized carbons (Fsp3) is 0.292. The van der Waals surface area contributed by atoms with Gasteiger partial charge in [0.15, 0.2) is 0 Å². The van der Waals surface area contributed by atoms with Crippen LogP contribution in [0.4, 0.5) is 0 Å². The average molecular weight is 475 g/mol. The van der Waals surface area contributed by atoms with Gasteiger partial charge in [0, 0.05) is 21.9 Å². The lowest BCUT2D eigenvalue weighted by molar-refractivity contribution is 0.124. The Kier molecular flexibility index (Phi) is 6.97. The summed E-state index contributed by atoms with van der Waals surface area (Å²) in [5, 5.41) is 11.9. The monoisotopic (exact) mass is 474 g/mol. The molecule has 0 saturated carbocycles. The molecule has 2 atom stereocenters. The van der Waals surface area contributed by atoms with Crippen molar-refractivity contribution >= 4 is 46.0 Å². The maximum absolute atomic E-state index is 10.9. The van der Waals surface area contributed by atoms with Crippen LogP contribution in [0.1, 0.15) is 32.2 Å². The third-order valence-corrected chi connectivity index (χ3v) is 6.83. The lowest BCUT2D eigenvalue weighted by Gasteiger charge is -2.20. The molecule has 31 heavy (non-hydrogen) atoms. The molecule has 0 saturated heterocycles. The minimum atomic E-state index is -0.762. The maximum Gasteiger partial charge on any atom is 0.136 e. The van der Waals surface area contributed by atoms with E-state index in [9.17, 15) is 5.11 Å². The van der Waals surface area contributed by atoms with Gasteiger partial charge in [-0.25, -0.2) is 4.98 Å². The van der Waals surface area contributed by atoms with E-state index in [0.29, 0.717) is 44.8 Å². The molecule has 0 amide bonds. The van der Waals surface area contributed by atoms with Crippen LogP contribution in [0.3, 0.4) is 0 Å². The number of ether oxygens (including phenoxy) is 1. The molecule has 0 bridgehead atoms. The third-order valence-electron chi connectivity index (χ3n) is 5.24. The second-order valence-electron chi connectivity index (χ2n) is 7.24. The molecular formula is C24H24Cl2N2O2S. The van der Waals surface area contributed by atoms with Crippen LogP contribution in [0.15, 0.2) is 53.5 Å². The Morgan fingerprint density at radius 1 is 1.29 bits per heavy atom. The number of aliphatic hydroxyl groups is 1. The van der Waals surface area contributed by atoms with Crippen LogP contribution in [0.5, 0.6) is 5.75 Å². The van der Waals surface area contributed by atoms with Crippen molar-refractivity contribution in [3.05, 3.63) is 69.3 Å². The largest absolute Gasteiger partial charge is 0.493 e. The van der Waals surface area contributed by atoms with Gasteiger partial charge in [0.2, 0.25) is 0 Å². The zero-order chi connectivity index (χ0) is 22.0. The number of H-pyrrole nitrogens is 1. The Morgan fingerprint density at radius 2 is 2.10 bits per heavy atom. The maximum atomic E-state index is 10.9. The highest BCUT2D eigenvalue weighted by atomic mass is 35.5. The first-order valence-electron chi connectivity index (χ1n) is 10.3. The number of nitrogens with zero attached hydrogens (tertiary/aromatic N) is 1. The number of nitrogens with one attached hydrogen (secondary N) is 1. The molecule has 0 aliphatic heterocycles. The topological polar surface area (TPSA) is 58.1 Å². The van der Waals surface area contributed by atoms with Gasteiger partial charge in [-0.2, -0.15) is 0 Å². The number of fused-ring (bicyclic) bond motifs is 1. The Balaban J connectivity index is 1.70. The number of aliphatic hydroxyl groups excluding tert-OH is 1. The number of para-hydroxylation sites is 1.